The van der Waals surface area contributed by atoms with Gasteiger partial charge in [0.25, 0.3) is 0 Å². The van der Waals surface area contributed by atoms with E-state index in [4.69, 9.17) is 10.00 Å². The summed E-state index contributed by atoms with van der Waals surface area (Å²) in [5, 5.41) is 8.78. The van der Waals surface area contributed by atoms with Gasteiger partial charge in [0, 0.05) is 16.7 Å². The molecule has 4 heteroatoms. The Morgan fingerprint density at radius 2 is 1.71 bits per heavy atom. The number of rotatable bonds is 7. The maximum Gasteiger partial charge on any atom is 0.119 e. The van der Waals surface area contributed by atoms with Gasteiger partial charge in [0.1, 0.15) is 12.4 Å². The summed E-state index contributed by atoms with van der Waals surface area (Å²) in [5.41, 5.74) is 1.12. The summed E-state index contributed by atoms with van der Waals surface area (Å²) >= 11 is 3.40. The van der Waals surface area contributed by atoms with E-state index in [1.807, 2.05) is 42.5 Å². The molecular weight excluding hydrogens is 328 g/mol. The van der Waals surface area contributed by atoms with Crippen molar-refractivity contribution in [1.82, 2.24) is 0 Å². The fraction of sp³-hybridized carbons (Fsp3) is 0.235. The molecule has 2 aromatic rings. The van der Waals surface area contributed by atoms with Crippen molar-refractivity contribution < 1.29 is 4.74 Å². The van der Waals surface area contributed by atoms with Crippen molar-refractivity contribution in [3.05, 3.63) is 59.1 Å². The molecular formula is C17H17BrN2O. The number of para-hydroxylation sites is 1. The number of benzene rings is 2. The Morgan fingerprint density at radius 1 is 1.00 bits per heavy atom. The Balaban J connectivity index is 1.90. The van der Waals surface area contributed by atoms with Crippen LogP contribution in [0, 0.1) is 11.3 Å². The van der Waals surface area contributed by atoms with Gasteiger partial charge in [-0.15, -0.1) is 0 Å². The number of hydrogen-bond acceptors (Lipinski definition) is 3. The van der Waals surface area contributed by atoms with Crippen LogP contribution in [0.3, 0.4) is 0 Å². The van der Waals surface area contributed by atoms with Crippen molar-refractivity contribution >= 4 is 21.6 Å². The summed E-state index contributed by atoms with van der Waals surface area (Å²) in [5.74, 6) is 0.853. The van der Waals surface area contributed by atoms with E-state index in [0.717, 1.165) is 22.5 Å². The third kappa shape index (κ3) is 5.13. The molecule has 2 aromatic carbocycles. The number of ether oxygens (including phenoxy) is 1. The van der Waals surface area contributed by atoms with Crippen molar-refractivity contribution in [2.75, 3.05) is 24.6 Å². The molecule has 0 aliphatic heterocycles. The molecule has 0 bridgehead atoms. The number of hydrogen-bond donors (Lipinski definition) is 0. The van der Waals surface area contributed by atoms with Crippen LogP contribution in [0.25, 0.3) is 0 Å². The predicted octanol–water partition coefficient (Wildman–Crippen LogP) is 4.25. The number of anilines is 1. The van der Waals surface area contributed by atoms with Crippen LogP contribution in [0.15, 0.2) is 59.1 Å². The lowest BCUT2D eigenvalue weighted by atomic mass is 10.2. The van der Waals surface area contributed by atoms with Gasteiger partial charge in [-0.3, -0.25) is 0 Å². The van der Waals surface area contributed by atoms with Crippen LogP contribution in [0.2, 0.25) is 0 Å². The van der Waals surface area contributed by atoms with Crippen LogP contribution in [0.1, 0.15) is 6.42 Å². The highest BCUT2D eigenvalue weighted by Crippen LogP contribution is 2.17. The zero-order chi connectivity index (χ0) is 14.9. The average molecular weight is 345 g/mol. The monoisotopic (exact) mass is 344 g/mol. The van der Waals surface area contributed by atoms with Gasteiger partial charge in [-0.05, 0) is 36.4 Å². The molecule has 0 saturated heterocycles. The second-order valence-electron chi connectivity index (χ2n) is 4.53. The zero-order valence-electron chi connectivity index (χ0n) is 11.7. The third-order valence-electron chi connectivity index (χ3n) is 3.06. The molecule has 2 rings (SSSR count). The molecule has 0 aliphatic carbocycles. The van der Waals surface area contributed by atoms with Crippen LogP contribution in [0.5, 0.6) is 5.75 Å². The first-order valence-corrected chi connectivity index (χ1v) is 7.64. The molecule has 108 valence electrons. The van der Waals surface area contributed by atoms with Crippen molar-refractivity contribution in [2.45, 2.75) is 6.42 Å². The van der Waals surface area contributed by atoms with Crippen LogP contribution < -0.4 is 9.64 Å². The molecule has 0 heterocycles. The van der Waals surface area contributed by atoms with Crippen molar-refractivity contribution in [3.63, 3.8) is 0 Å². The van der Waals surface area contributed by atoms with Crippen LogP contribution >= 0.6 is 15.9 Å². The van der Waals surface area contributed by atoms with E-state index in [-0.39, 0.29) is 0 Å². The van der Waals surface area contributed by atoms with Crippen LogP contribution in [0.4, 0.5) is 5.69 Å². The normalized spacial score (nSPS) is 9.90. The third-order valence-corrected chi connectivity index (χ3v) is 3.59. The van der Waals surface area contributed by atoms with Gasteiger partial charge in [0.2, 0.25) is 0 Å². The highest BCUT2D eigenvalue weighted by atomic mass is 79.9. The summed E-state index contributed by atoms with van der Waals surface area (Å²) in [6.45, 7) is 2.05. The molecule has 0 atom stereocenters. The molecule has 0 fully saturated rings. The molecule has 3 nitrogen and oxygen atoms in total. The first-order chi connectivity index (χ1) is 10.3. The lowest BCUT2D eigenvalue weighted by molar-refractivity contribution is 0.324. The SMILES string of the molecule is N#CCCN(CCOc1ccc(Br)cc1)c1ccccc1. The number of nitriles is 1. The number of halogens is 1. The quantitative estimate of drug-likeness (QED) is 0.753. The summed E-state index contributed by atoms with van der Waals surface area (Å²) in [6, 6.07) is 20.1. The first-order valence-electron chi connectivity index (χ1n) is 6.85. The lowest BCUT2D eigenvalue weighted by Gasteiger charge is -2.23. The average Bonchev–Trinajstić information content (AvgIpc) is 2.53. The van der Waals surface area contributed by atoms with E-state index in [0.29, 0.717) is 19.6 Å². The fourth-order valence-corrected chi connectivity index (χ4v) is 2.26. The van der Waals surface area contributed by atoms with E-state index in [1.165, 1.54) is 0 Å². The smallest absolute Gasteiger partial charge is 0.119 e. The van der Waals surface area contributed by atoms with Gasteiger partial charge >= 0.3 is 0 Å². The van der Waals surface area contributed by atoms with Gasteiger partial charge in [0.15, 0.2) is 0 Å². The topological polar surface area (TPSA) is 36.3 Å². The van der Waals surface area contributed by atoms with E-state index in [1.54, 1.807) is 0 Å². The second kappa shape index (κ2) is 8.33. The van der Waals surface area contributed by atoms with Crippen LogP contribution in [-0.4, -0.2) is 19.7 Å². The van der Waals surface area contributed by atoms with Crippen LogP contribution in [-0.2, 0) is 0 Å². The van der Waals surface area contributed by atoms with Gasteiger partial charge in [-0.25, -0.2) is 0 Å². The zero-order valence-corrected chi connectivity index (χ0v) is 13.3. The molecule has 0 aromatic heterocycles. The Hall–Kier alpha value is -1.99. The van der Waals surface area contributed by atoms with Gasteiger partial charge in [0.05, 0.1) is 19.0 Å². The molecule has 0 unspecified atom stereocenters. The summed E-state index contributed by atoms with van der Waals surface area (Å²) in [4.78, 5) is 2.17. The van der Waals surface area contributed by atoms with Crippen molar-refractivity contribution in [1.29, 1.82) is 5.26 Å². The lowest BCUT2D eigenvalue weighted by Crippen LogP contribution is -2.29. The Morgan fingerprint density at radius 3 is 2.38 bits per heavy atom. The van der Waals surface area contributed by atoms with Crippen molar-refractivity contribution in [3.8, 4) is 11.8 Å². The van der Waals surface area contributed by atoms with E-state index in [9.17, 15) is 0 Å². The molecule has 0 aliphatic rings. The molecule has 0 spiro atoms. The van der Waals surface area contributed by atoms with Crippen molar-refractivity contribution in [2.24, 2.45) is 0 Å². The largest absolute Gasteiger partial charge is 0.492 e. The Bertz CT molecular complexity index is 578. The highest BCUT2D eigenvalue weighted by Gasteiger charge is 2.06. The summed E-state index contributed by atoms with van der Waals surface area (Å²) in [6.07, 6.45) is 0.507. The first kappa shape index (κ1) is 15.4. The van der Waals surface area contributed by atoms with E-state index >= 15 is 0 Å². The molecule has 0 amide bonds. The summed E-state index contributed by atoms with van der Waals surface area (Å²) in [7, 11) is 0. The minimum absolute atomic E-state index is 0.507. The maximum atomic E-state index is 8.78. The minimum atomic E-state index is 0.507. The van der Waals surface area contributed by atoms with E-state index < -0.39 is 0 Å². The standard InChI is InChI=1S/C17H17BrN2O/c18-15-7-9-17(10-8-15)21-14-13-20(12-4-11-19)16-5-2-1-3-6-16/h1-3,5-10H,4,12-14H2. The summed E-state index contributed by atoms with van der Waals surface area (Å²) < 4.78 is 6.78. The highest BCUT2D eigenvalue weighted by molar-refractivity contribution is 9.10. The van der Waals surface area contributed by atoms with Gasteiger partial charge < -0.3 is 9.64 Å². The van der Waals surface area contributed by atoms with E-state index in [2.05, 4.69) is 39.0 Å². The minimum Gasteiger partial charge on any atom is -0.492 e. The molecule has 0 radical (unpaired) electrons. The maximum absolute atomic E-state index is 8.78. The Kier molecular flexibility index (Phi) is 6.11. The Labute approximate surface area is 133 Å². The van der Waals surface area contributed by atoms with Gasteiger partial charge in [-0.2, -0.15) is 5.26 Å². The molecule has 0 N–H and O–H groups in total. The molecule has 21 heavy (non-hydrogen) atoms. The molecule has 0 saturated carbocycles. The van der Waals surface area contributed by atoms with Gasteiger partial charge in [-0.1, -0.05) is 34.1 Å². The number of nitrogens with zero attached hydrogens (tertiary/aromatic N) is 2. The second-order valence-corrected chi connectivity index (χ2v) is 5.45. The fourth-order valence-electron chi connectivity index (χ4n) is 2.00. The predicted molar refractivity (Wildman–Crippen MR) is 88.5 cm³/mol.